The van der Waals surface area contributed by atoms with Crippen LogP contribution in [0.15, 0.2) is 12.3 Å². The summed E-state index contributed by atoms with van der Waals surface area (Å²) in [5, 5.41) is 0.676. The van der Waals surface area contributed by atoms with E-state index >= 15 is 0 Å². The maximum absolute atomic E-state index is 12.3. The minimum Gasteiger partial charge on any atom is -0.397 e. The number of amides is 1. The lowest BCUT2D eigenvalue weighted by Gasteiger charge is -2.30. The van der Waals surface area contributed by atoms with E-state index in [0.717, 1.165) is 18.8 Å². The number of hydrogen-bond acceptors (Lipinski definition) is 4. The Balaban J connectivity index is 2.21. The molecule has 2 heterocycles. The van der Waals surface area contributed by atoms with Crippen LogP contribution in [0.4, 0.5) is 5.69 Å². The first kappa shape index (κ1) is 12.5. The molecule has 1 aromatic heterocycles. The van der Waals surface area contributed by atoms with Gasteiger partial charge in [0.05, 0.1) is 17.4 Å². The third-order valence-electron chi connectivity index (χ3n) is 2.62. The Hall–Kier alpha value is -0.940. The number of carbonyl (C=O) groups excluding carboxylic acids is 1. The molecular formula is C11H14ClN3OS. The Bertz CT molecular complexity index is 441. The van der Waals surface area contributed by atoms with E-state index in [1.54, 1.807) is 6.07 Å². The second-order valence-corrected chi connectivity index (χ2v) is 5.94. The first-order chi connectivity index (χ1) is 8.08. The molecule has 1 amide bonds. The molecule has 1 aliphatic heterocycles. The molecule has 2 N–H and O–H groups in total. The van der Waals surface area contributed by atoms with Gasteiger partial charge in [-0.15, -0.1) is 0 Å². The van der Waals surface area contributed by atoms with Crippen LogP contribution in [-0.4, -0.2) is 39.9 Å². The molecule has 4 nitrogen and oxygen atoms in total. The Labute approximate surface area is 110 Å². The average Bonchev–Trinajstić information content (AvgIpc) is 2.31. The number of rotatable bonds is 1. The van der Waals surface area contributed by atoms with Crippen LogP contribution in [0, 0.1) is 0 Å². The Morgan fingerprint density at radius 1 is 1.71 bits per heavy atom. The summed E-state index contributed by atoms with van der Waals surface area (Å²) in [4.78, 5) is 18.0. The van der Waals surface area contributed by atoms with Crippen LogP contribution >= 0.6 is 23.4 Å². The first-order valence-electron chi connectivity index (χ1n) is 5.40. The zero-order chi connectivity index (χ0) is 12.4. The summed E-state index contributed by atoms with van der Waals surface area (Å²) in [7, 11) is 0. The lowest BCUT2D eigenvalue weighted by atomic mass is 10.2. The van der Waals surface area contributed by atoms with Crippen molar-refractivity contribution >= 4 is 35.0 Å². The van der Waals surface area contributed by atoms with Gasteiger partial charge < -0.3 is 10.6 Å². The molecule has 0 bridgehead atoms. The van der Waals surface area contributed by atoms with Crippen LogP contribution < -0.4 is 5.73 Å². The molecular weight excluding hydrogens is 258 g/mol. The maximum Gasteiger partial charge on any atom is 0.257 e. The second kappa shape index (κ2) is 5.14. The van der Waals surface area contributed by atoms with E-state index in [4.69, 9.17) is 17.3 Å². The number of nitrogen functional groups attached to an aromatic ring is 1. The van der Waals surface area contributed by atoms with Crippen LogP contribution in [0.25, 0.3) is 0 Å². The van der Waals surface area contributed by atoms with Crippen molar-refractivity contribution in [2.45, 2.75) is 12.2 Å². The summed E-state index contributed by atoms with van der Waals surface area (Å²) in [6.07, 6.45) is 1.45. The number of thioether (sulfide) groups is 1. The van der Waals surface area contributed by atoms with Crippen molar-refractivity contribution in [1.82, 2.24) is 9.88 Å². The van der Waals surface area contributed by atoms with Gasteiger partial charge in [0, 0.05) is 24.1 Å². The average molecular weight is 272 g/mol. The van der Waals surface area contributed by atoms with Crippen molar-refractivity contribution in [1.29, 1.82) is 0 Å². The van der Waals surface area contributed by atoms with Crippen LogP contribution in [0.1, 0.15) is 17.3 Å². The fourth-order valence-corrected chi connectivity index (χ4v) is 2.99. The fraction of sp³-hybridized carbons (Fsp3) is 0.455. The second-order valence-electron chi connectivity index (χ2n) is 4.04. The van der Waals surface area contributed by atoms with E-state index in [0.29, 0.717) is 16.5 Å². The normalized spacial score (nSPS) is 20.4. The van der Waals surface area contributed by atoms with E-state index in [1.165, 1.54) is 6.20 Å². The highest BCUT2D eigenvalue weighted by atomic mass is 35.5. The van der Waals surface area contributed by atoms with E-state index in [1.807, 2.05) is 16.7 Å². The van der Waals surface area contributed by atoms with Gasteiger partial charge in [-0.05, 0) is 6.07 Å². The molecule has 1 atom stereocenters. The number of hydrogen-bond donors (Lipinski definition) is 1. The van der Waals surface area contributed by atoms with E-state index in [-0.39, 0.29) is 11.1 Å². The highest BCUT2D eigenvalue weighted by Gasteiger charge is 2.24. The van der Waals surface area contributed by atoms with Gasteiger partial charge in [-0.1, -0.05) is 18.5 Å². The standard InChI is InChI=1S/C11H14ClN3OS/c1-7-6-15(2-3-17-7)11(16)9-4-8(13)5-14-10(9)12/h4-5,7H,2-3,6,13H2,1H3. The van der Waals surface area contributed by atoms with Crippen LogP contribution in [0.3, 0.4) is 0 Å². The predicted octanol–water partition coefficient (Wildman–Crippen LogP) is 1.89. The number of halogens is 1. The molecule has 1 saturated heterocycles. The molecule has 0 aromatic carbocycles. The highest BCUT2D eigenvalue weighted by molar-refractivity contribution is 7.99. The molecule has 6 heteroatoms. The number of carbonyl (C=O) groups is 1. The van der Waals surface area contributed by atoms with Gasteiger partial charge in [-0.2, -0.15) is 11.8 Å². The van der Waals surface area contributed by atoms with Gasteiger partial charge in [0.2, 0.25) is 0 Å². The van der Waals surface area contributed by atoms with Gasteiger partial charge >= 0.3 is 0 Å². The SMILES string of the molecule is CC1CN(C(=O)c2cc(N)cnc2Cl)CCS1. The van der Waals surface area contributed by atoms with Gasteiger partial charge in [-0.25, -0.2) is 4.98 Å². The van der Waals surface area contributed by atoms with Gasteiger partial charge in [-0.3, -0.25) is 4.79 Å². The maximum atomic E-state index is 12.3. The molecule has 1 aromatic rings. The van der Waals surface area contributed by atoms with Crippen molar-refractivity contribution < 1.29 is 4.79 Å². The predicted molar refractivity (Wildman–Crippen MR) is 71.5 cm³/mol. The molecule has 17 heavy (non-hydrogen) atoms. The molecule has 1 aliphatic rings. The molecule has 2 rings (SSSR count). The topological polar surface area (TPSA) is 59.2 Å². The van der Waals surface area contributed by atoms with Gasteiger partial charge in [0.25, 0.3) is 5.91 Å². The molecule has 0 spiro atoms. The molecule has 92 valence electrons. The lowest BCUT2D eigenvalue weighted by Crippen LogP contribution is -2.41. The minimum absolute atomic E-state index is 0.0815. The van der Waals surface area contributed by atoms with Gasteiger partial charge in [0.15, 0.2) is 0 Å². The molecule has 0 radical (unpaired) electrons. The number of nitrogens with zero attached hydrogens (tertiary/aromatic N) is 2. The lowest BCUT2D eigenvalue weighted by molar-refractivity contribution is 0.0763. The monoisotopic (exact) mass is 271 g/mol. The van der Waals surface area contributed by atoms with E-state index in [9.17, 15) is 4.79 Å². The smallest absolute Gasteiger partial charge is 0.257 e. The van der Waals surface area contributed by atoms with Crippen LogP contribution in [-0.2, 0) is 0 Å². The Kier molecular flexibility index (Phi) is 3.79. The van der Waals surface area contributed by atoms with Crippen molar-refractivity contribution in [3.63, 3.8) is 0 Å². The van der Waals surface area contributed by atoms with Crippen molar-refractivity contribution in [2.24, 2.45) is 0 Å². The third-order valence-corrected chi connectivity index (χ3v) is 4.06. The summed E-state index contributed by atoms with van der Waals surface area (Å²) in [6, 6.07) is 1.59. The summed E-state index contributed by atoms with van der Waals surface area (Å²) >= 11 is 7.80. The highest BCUT2D eigenvalue weighted by Crippen LogP contribution is 2.22. The van der Waals surface area contributed by atoms with Crippen LogP contribution in [0.5, 0.6) is 0 Å². The first-order valence-corrected chi connectivity index (χ1v) is 6.82. The number of aromatic nitrogens is 1. The largest absolute Gasteiger partial charge is 0.397 e. The van der Waals surface area contributed by atoms with Crippen molar-refractivity contribution in [3.8, 4) is 0 Å². The van der Waals surface area contributed by atoms with Crippen molar-refractivity contribution in [2.75, 3.05) is 24.6 Å². The molecule has 0 aliphatic carbocycles. The number of anilines is 1. The zero-order valence-corrected chi connectivity index (χ0v) is 11.1. The van der Waals surface area contributed by atoms with E-state index < -0.39 is 0 Å². The van der Waals surface area contributed by atoms with Gasteiger partial charge in [0.1, 0.15) is 5.15 Å². The molecule has 1 fully saturated rings. The third kappa shape index (κ3) is 2.84. The number of pyridine rings is 1. The quantitative estimate of drug-likeness (QED) is 0.793. The molecule has 0 saturated carbocycles. The minimum atomic E-state index is -0.0815. The van der Waals surface area contributed by atoms with E-state index in [2.05, 4.69) is 11.9 Å². The number of nitrogens with two attached hydrogens (primary N) is 1. The zero-order valence-electron chi connectivity index (χ0n) is 9.52. The summed E-state index contributed by atoms with van der Waals surface area (Å²) in [6.45, 7) is 3.61. The summed E-state index contributed by atoms with van der Waals surface area (Å²) in [5.74, 6) is 0.877. The summed E-state index contributed by atoms with van der Waals surface area (Å²) in [5.41, 5.74) is 6.48. The molecule has 1 unspecified atom stereocenters. The van der Waals surface area contributed by atoms with Crippen molar-refractivity contribution in [3.05, 3.63) is 23.0 Å². The summed E-state index contributed by atoms with van der Waals surface area (Å²) < 4.78 is 0. The fourth-order valence-electron chi connectivity index (χ4n) is 1.79. The Morgan fingerprint density at radius 3 is 3.18 bits per heavy atom. The Morgan fingerprint density at radius 2 is 2.47 bits per heavy atom. The van der Waals surface area contributed by atoms with Crippen LogP contribution in [0.2, 0.25) is 5.15 Å².